The third-order valence-corrected chi connectivity index (χ3v) is 6.41. The lowest BCUT2D eigenvalue weighted by Crippen LogP contribution is -2.42. The third kappa shape index (κ3) is 3.04. The molecule has 0 bridgehead atoms. The summed E-state index contributed by atoms with van der Waals surface area (Å²) in [6.45, 7) is 3.01. The highest BCUT2D eigenvalue weighted by molar-refractivity contribution is 7.38. The molecule has 1 unspecified atom stereocenters. The number of rotatable bonds is 6. The van der Waals surface area contributed by atoms with Gasteiger partial charge in [0.15, 0.2) is 5.41 Å². The van der Waals surface area contributed by atoms with Gasteiger partial charge in [-0.05, 0) is 36.9 Å². The highest BCUT2D eigenvalue weighted by Crippen LogP contribution is 2.32. The number of benzene rings is 1. The van der Waals surface area contributed by atoms with Crippen LogP contribution in [0.3, 0.4) is 0 Å². The number of hydrogen-bond acceptors (Lipinski definition) is 6. The zero-order valence-electron chi connectivity index (χ0n) is 14.1. The highest BCUT2D eigenvalue weighted by atomic mass is 32.2. The van der Waals surface area contributed by atoms with Crippen LogP contribution in [0.1, 0.15) is 34.6 Å². The van der Waals surface area contributed by atoms with Crippen LogP contribution in [0, 0.1) is 0 Å². The molecule has 134 valence electrons. The Balaban J connectivity index is 1.91. The van der Waals surface area contributed by atoms with Gasteiger partial charge in [0.25, 0.3) is 0 Å². The molecule has 7 heteroatoms. The molecule has 0 aliphatic carbocycles. The zero-order chi connectivity index (χ0) is 18.9. The Bertz CT molecular complexity index is 954. The Hall–Kier alpha value is -2.51. The van der Waals surface area contributed by atoms with Crippen LogP contribution in [-0.4, -0.2) is 29.4 Å². The van der Waals surface area contributed by atoms with Gasteiger partial charge >= 0.3 is 11.9 Å². The highest BCUT2D eigenvalue weighted by Gasteiger charge is 2.44. The predicted octanol–water partition coefficient (Wildman–Crippen LogP) is 4.10. The molecule has 3 rings (SSSR count). The summed E-state index contributed by atoms with van der Waals surface area (Å²) in [7, 11) is 0. The summed E-state index contributed by atoms with van der Waals surface area (Å²) in [5, 5.41) is 12.6. The van der Waals surface area contributed by atoms with Crippen LogP contribution < -0.4 is 0 Å². The first kappa shape index (κ1) is 18.3. The first-order valence-electron chi connectivity index (χ1n) is 7.90. The lowest BCUT2D eigenvalue weighted by molar-refractivity contribution is -0.160. The lowest BCUT2D eigenvalue weighted by atomic mass is 9.82. The second-order valence-electron chi connectivity index (χ2n) is 5.83. The molecule has 26 heavy (non-hydrogen) atoms. The molecule has 0 aliphatic heterocycles. The first-order chi connectivity index (χ1) is 12.4. The van der Waals surface area contributed by atoms with Crippen LogP contribution >= 0.6 is 22.7 Å². The molecule has 0 spiro atoms. The van der Waals surface area contributed by atoms with Crippen molar-refractivity contribution in [2.24, 2.45) is 0 Å². The van der Waals surface area contributed by atoms with Crippen molar-refractivity contribution in [3.8, 4) is 0 Å². The molecule has 0 saturated heterocycles. The van der Waals surface area contributed by atoms with Gasteiger partial charge in [0, 0.05) is 10.9 Å². The fourth-order valence-corrected chi connectivity index (χ4v) is 4.65. The molecule has 1 aromatic carbocycles. The molecule has 0 aliphatic rings. The molecule has 1 N–H and O–H groups in total. The van der Waals surface area contributed by atoms with E-state index in [2.05, 4.69) is 0 Å². The average Bonchev–Trinajstić information content (AvgIpc) is 3.22. The van der Waals surface area contributed by atoms with Gasteiger partial charge in [-0.3, -0.25) is 14.4 Å². The summed E-state index contributed by atoms with van der Waals surface area (Å²) in [6, 6.07) is 9.90. The van der Waals surface area contributed by atoms with Crippen molar-refractivity contribution in [2.75, 3.05) is 6.61 Å². The number of fused-ring (bicyclic) bond motifs is 1. The van der Waals surface area contributed by atoms with Gasteiger partial charge in [0.1, 0.15) is 0 Å². The molecule has 0 amide bonds. The number of ketones is 1. The summed E-state index contributed by atoms with van der Waals surface area (Å²) in [5.41, 5.74) is -1.10. The predicted molar refractivity (Wildman–Crippen MR) is 101 cm³/mol. The maximum Gasteiger partial charge on any atom is 0.327 e. The number of aliphatic carboxylic acids is 1. The summed E-state index contributed by atoms with van der Waals surface area (Å²) in [6.07, 6.45) is 0. The minimum Gasteiger partial charge on any atom is -0.480 e. The minimum atomic E-state index is -1.82. The number of thiophene rings is 2. The van der Waals surface area contributed by atoms with Crippen LogP contribution in [0.25, 0.3) is 9.40 Å². The largest absolute Gasteiger partial charge is 0.480 e. The quantitative estimate of drug-likeness (QED) is 0.391. The van der Waals surface area contributed by atoms with Gasteiger partial charge in [0.2, 0.25) is 5.78 Å². The Labute approximate surface area is 157 Å². The third-order valence-electron chi connectivity index (χ3n) is 4.21. The van der Waals surface area contributed by atoms with Crippen molar-refractivity contribution in [1.29, 1.82) is 0 Å². The van der Waals surface area contributed by atoms with E-state index in [1.54, 1.807) is 30.4 Å². The van der Waals surface area contributed by atoms with E-state index in [-0.39, 0.29) is 18.0 Å². The second kappa shape index (κ2) is 7.01. The van der Waals surface area contributed by atoms with E-state index in [1.165, 1.54) is 30.4 Å². The van der Waals surface area contributed by atoms with Gasteiger partial charge in [-0.2, -0.15) is 0 Å². The fraction of sp³-hybridized carbons (Fsp3) is 0.211. The lowest BCUT2D eigenvalue weighted by Gasteiger charge is -2.23. The van der Waals surface area contributed by atoms with Crippen molar-refractivity contribution in [3.63, 3.8) is 0 Å². The normalized spacial score (nSPS) is 13.3. The van der Waals surface area contributed by atoms with Crippen molar-refractivity contribution in [2.45, 2.75) is 19.3 Å². The van der Waals surface area contributed by atoms with E-state index in [9.17, 15) is 19.5 Å². The number of carboxylic acids is 1. The van der Waals surface area contributed by atoms with Gasteiger partial charge in [-0.15, -0.1) is 22.7 Å². The summed E-state index contributed by atoms with van der Waals surface area (Å²) >= 11 is 3.02. The Kier molecular flexibility index (Phi) is 4.93. The van der Waals surface area contributed by atoms with E-state index in [1.807, 2.05) is 17.5 Å². The fourth-order valence-electron chi connectivity index (χ4n) is 2.58. The van der Waals surface area contributed by atoms with Crippen molar-refractivity contribution >= 4 is 49.8 Å². The molecule has 0 radical (unpaired) electrons. The number of hydrogen-bond donors (Lipinski definition) is 1. The minimum absolute atomic E-state index is 0.0910. The Morgan fingerprint density at radius 3 is 2.42 bits per heavy atom. The number of carbonyl (C=O) groups excluding carboxylic acids is 2. The summed E-state index contributed by atoms with van der Waals surface area (Å²) in [5.74, 6) is -2.25. The molecule has 5 nitrogen and oxygen atoms in total. The molecule has 0 fully saturated rings. The van der Waals surface area contributed by atoms with Crippen molar-refractivity contribution in [1.82, 2.24) is 0 Å². The van der Waals surface area contributed by atoms with Crippen LogP contribution in [0.15, 0.2) is 41.8 Å². The SMILES string of the molecule is CCOC(=O)C(C)(C(=O)O)c1ccc(C(=O)c2cc3ccsc3s2)cc1. The number of esters is 1. The molecule has 2 aromatic heterocycles. The molecular weight excluding hydrogens is 372 g/mol. The van der Waals surface area contributed by atoms with Gasteiger partial charge in [-0.1, -0.05) is 24.3 Å². The van der Waals surface area contributed by atoms with Gasteiger partial charge in [-0.25, -0.2) is 0 Å². The zero-order valence-corrected chi connectivity index (χ0v) is 15.8. The number of carboxylic acid groups (broad SMARTS) is 1. The van der Waals surface area contributed by atoms with Gasteiger partial charge in [0.05, 0.1) is 15.5 Å². The van der Waals surface area contributed by atoms with Crippen LogP contribution in [0.4, 0.5) is 0 Å². The van der Waals surface area contributed by atoms with E-state index < -0.39 is 17.4 Å². The monoisotopic (exact) mass is 388 g/mol. The topological polar surface area (TPSA) is 80.7 Å². The summed E-state index contributed by atoms with van der Waals surface area (Å²) in [4.78, 5) is 37.1. The maximum absolute atomic E-state index is 12.7. The molecule has 0 saturated carbocycles. The van der Waals surface area contributed by atoms with Crippen molar-refractivity contribution in [3.05, 3.63) is 57.8 Å². The molecule has 2 heterocycles. The van der Waals surface area contributed by atoms with Crippen LogP contribution in [0.2, 0.25) is 0 Å². The smallest absolute Gasteiger partial charge is 0.327 e. The molecule has 3 aromatic rings. The summed E-state index contributed by atoms with van der Waals surface area (Å²) < 4.78 is 6.00. The number of ether oxygens (including phenoxy) is 1. The van der Waals surface area contributed by atoms with Gasteiger partial charge < -0.3 is 9.84 Å². The molecule has 1 atom stereocenters. The van der Waals surface area contributed by atoms with E-state index in [0.717, 1.165) is 9.40 Å². The first-order valence-corrected chi connectivity index (χ1v) is 9.60. The Morgan fingerprint density at radius 2 is 1.85 bits per heavy atom. The van der Waals surface area contributed by atoms with E-state index in [0.29, 0.717) is 10.4 Å². The van der Waals surface area contributed by atoms with E-state index >= 15 is 0 Å². The van der Waals surface area contributed by atoms with Crippen molar-refractivity contribution < 1.29 is 24.2 Å². The van der Waals surface area contributed by atoms with Crippen LogP contribution in [0.5, 0.6) is 0 Å². The van der Waals surface area contributed by atoms with E-state index in [4.69, 9.17) is 4.74 Å². The second-order valence-corrected chi connectivity index (χ2v) is 8.06. The standard InChI is InChI=1S/C19H16O5S2/c1-3-24-18(23)19(2,17(21)22)13-6-4-11(5-7-13)15(20)14-10-12-8-9-25-16(12)26-14/h4-10H,3H2,1-2H3,(H,21,22). The molecular formula is C19H16O5S2. The average molecular weight is 388 g/mol. The number of carbonyl (C=O) groups is 3. The maximum atomic E-state index is 12.7. The Morgan fingerprint density at radius 1 is 1.15 bits per heavy atom. The van der Waals surface area contributed by atoms with Crippen LogP contribution in [-0.2, 0) is 19.7 Å².